The summed E-state index contributed by atoms with van der Waals surface area (Å²) in [6.07, 6.45) is 2.11. The number of ether oxygens (including phenoxy) is 1. The Balaban J connectivity index is 1.56. The molecule has 0 radical (unpaired) electrons. The van der Waals surface area contributed by atoms with E-state index in [9.17, 15) is 23.5 Å². The van der Waals surface area contributed by atoms with E-state index >= 15 is 0 Å². The van der Waals surface area contributed by atoms with Crippen molar-refractivity contribution in [2.24, 2.45) is 5.92 Å². The number of anilines is 1. The van der Waals surface area contributed by atoms with Gasteiger partial charge in [0.15, 0.2) is 0 Å². The normalized spacial score (nSPS) is 23.9. The number of pyridine rings is 1. The van der Waals surface area contributed by atoms with Crippen molar-refractivity contribution >= 4 is 29.3 Å². The number of hydrogen-bond donors (Lipinski definition) is 1. The van der Waals surface area contributed by atoms with E-state index in [0.29, 0.717) is 24.0 Å². The maximum absolute atomic E-state index is 13.2. The average molecular weight is 399 g/mol. The Labute approximate surface area is 158 Å². The molecular weight excluding hydrogens is 380 g/mol. The van der Waals surface area contributed by atoms with E-state index < -0.39 is 36.9 Å². The molecule has 0 aromatic carbocycles. The molecule has 1 aromatic heterocycles. The predicted molar refractivity (Wildman–Crippen MR) is 94.5 cm³/mol. The number of carboxylic acids is 1. The summed E-state index contributed by atoms with van der Waals surface area (Å²) in [5.74, 6) is -3.10. The lowest BCUT2D eigenvalue weighted by atomic mass is 10.1. The maximum atomic E-state index is 13.2. The molecule has 1 aromatic rings. The first kappa shape index (κ1) is 18.3. The van der Waals surface area contributed by atoms with Crippen molar-refractivity contribution in [3.63, 3.8) is 0 Å². The third-order valence-corrected chi connectivity index (χ3v) is 5.84. The van der Waals surface area contributed by atoms with Gasteiger partial charge in [0, 0.05) is 5.75 Å². The summed E-state index contributed by atoms with van der Waals surface area (Å²) < 4.78 is 32.2. The first-order chi connectivity index (χ1) is 12.8. The summed E-state index contributed by atoms with van der Waals surface area (Å²) >= 11 is 1.36. The Morgan fingerprint density at radius 1 is 1.33 bits per heavy atom. The molecule has 1 unspecified atom stereocenters. The largest absolute Gasteiger partial charge is 0.480 e. The highest BCUT2D eigenvalue weighted by molar-refractivity contribution is 7.99. The highest BCUT2D eigenvalue weighted by Gasteiger charge is 2.45. The molecule has 2 saturated heterocycles. The molecule has 3 heterocycles. The number of aliphatic carboxylic acids is 1. The molecule has 146 valence electrons. The number of nitrogens with zero attached hydrogens (tertiary/aromatic N) is 3. The number of hydrogen-bond acceptors (Lipinski definition) is 6. The minimum absolute atomic E-state index is 0.0607. The first-order valence-corrected chi connectivity index (χ1v) is 9.88. The van der Waals surface area contributed by atoms with E-state index in [-0.39, 0.29) is 17.5 Å². The number of carbonyl (C=O) groups excluding carboxylic acids is 1. The third kappa shape index (κ3) is 3.80. The zero-order chi connectivity index (χ0) is 19.2. The Morgan fingerprint density at radius 3 is 2.70 bits per heavy atom. The van der Waals surface area contributed by atoms with Gasteiger partial charge in [0.2, 0.25) is 5.88 Å². The molecule has 2 aliphatic heterocycles. The summed E-state index contributed by atoms with van der Waals surface area (Å²) in [4.78, 5) is 31.0. The molecule has 27 heavy (non-hydrogen) atoms. The van der Waals surface area contributed by atoms with E-state index in [2.05, 4.69) is 4.98 Å². The lowest BCUT2D eigenvalue weighted by Gasteiger charge is -2.40. The summed E-state index contributed by atoms with van der Waals surface area (Å²) in [7, 11) is 0. The van der Waals surface area contributed by atoms with Crippen LogP contribution in [-0.2, 0) is 4.79 Å². The summed E-state index contributed by atoms with van der Waals surface area (Å²) in [5.41, 5.74) is 0.495. The van der Waals surface area contributed by atoms with Crippen LogP contribution >= 0.6 is 11.8 Å². The molecule has 4 rings (SSSR count). The number of amides is 1. The zero-order valence-corrected chi connectivity index (χ0v) is 15.3. The minimum atomic E-state index is -2.73. The number of halogens is 2. The van der Waals surface area contributed by atoms with Crippen molar-refractivity contribution < 1.29 is 28.2 Å². The molecule has 10 heteroatoms. The van der Waals surface area contributed by atoms with Crippen LogP contribution in [0.25, 0.3) is 0 Å². The molecule has 3 aliphatic rings. The highest BCUT2D eigenvalue weighted by Crippen LogP contribution is 2.38. The Kier molecular flexibility index (Phi) is 4.61. The van der Waals surface area contributed by atoms with Gasteiger partial charge in [-0.2, -0.15) is 0 Å². The van der Waals surface area contributed by atoms with Gasteiger partial charge in [0.25, 0.3) is 11.8 Å². The van der Waals surface area contributed by atoms with Gasteiger partial charge < -0.3 is 19.6 Å². The Hall–Kier alpha value is -2.10. The van der Waals surface area contributed by atoms with E-state index in [1.165, 1.54) is 27.6 Å². The van der Waals surface area contributed by atoms with Gasteiger partial charge in [-0.15, -0.1) is 11.8 Å². The van der Waals surface area contributed by atoms with Crippen LogP contribution in [0.2, 0.25) is 0 Å². The van der Waals surface area contributed by atoms with Crippen molar-refractivity contribution in [3.05, 3.63) is 17.8 Å². The summed E-state index contributed by atoms with van der Waals surface area (Å²) in [5, 5.41) is 9.26. The van der Waals surface area contributed by atoms with Crippen molar-refractivity contribution in [3.8, 4) is 5.88 Å². The quantitative estimate of drug-likeness (QED) is 0.783. The lowest BCUT2D eigenvalue weighted by Crippen LogP contribution is -2.56. The maximum Gasteiger partial charge on any atom is 0.327 e. The monoisotopic (exact) mass is 399 g/mol. The van der Waals surface area contributed by atoms with Crippen molar-refractivity contribution in [2.45, 2.75) is 24.8 Å². The Bertz CT molecular complexity index is 767. The zero-order valence-electron chi connectivity index (χ0n) is 14.4. The van der Waals surface area contributed by atoms with Gasteiger partial charge in [-0.25, -0.2) is 18.6 Å². The minimum Gasteiger partial charge on any atom is -0.480 e. The van der Waals surface area contributed by atoms with Crippen molar-refractivity contribution in [2.75, 3.05) is 36.2 Å². The van der Waals surface area contributed by atoms with Crippen LogP contribution in [-0.4, -0.2) is 70.2 Å². The highest BCUT2D eigenvalue weighted by atomic mass is 32.2. The van der Waals surface area contributed by atoms with E-state index in [0.717, 1.165) is 12.8 Å². The van der Waals surface area contributed by atoms with Gasteiger partial charge in [0.05, 0.1) is 25.6 Å². The molecular formula is C17H19F2N3O4S. The van der Waals surface area contributed by atoms with Crippen molar-refractivity contribution in [1.29, 1.82) is 0 Å². The number of carbonyl (C=O) groups is 2. The summed E-state index contributed by atoms with van der Waals surface area (Å²) in [6.45, 7) is -0.392. The molecule has 1 saturated carbocycles. The van der Waals surface area contributed by atoms with Crippen LogP contribution in [0.15, 0.2) is 12.1 Å². The van der Waals surface area contributed by atoms with Gasteiger partial charge in [-0.05, 0) is 30.9 Å². The SMILES string of the molecule is O=C(O)C1CSCN1C(=O)c1ccc(N2CC(F)(F)C2)c(OCC2CC2)n1. The average Bonchev–Trinajstić information content (AvgIpc) is 3.30. The van der Waals surface area contributed by atoms with Crippen molar-refractivity contribution in [1.82, 2.24) is 9.88 Å². The van der Waals surface area contributed by atoms with E-state index in [1.54, 1.807) is 6.07 Å². The second-order valence-corrected chi connectivity index (χ2v) is 8.12. The molecule has 0 spiro atoms. The number of carboxylic acid groups (broad SMARTS) is 1. The van der Waals surface area contributed by atoms with Gasteiger partial charge in [-0.1, -0.05) is 0 Å². The lowest BCUT2D eigenvalue weighted by molar-refractivity contribution is -0.140. The van der Waals surface area contributed by atoms with Crippen LogP contribution in [0.5, 0.6) is 5.88 Å². The summed E-state index contributed by atoms with van der Waals surface area (Å²) in [6, 6.07) is 2.10. The number of alkyl halides is 2. The number of aromatic nitrogens is 1. The standard InChI is InChI=1S/C17H19F2N3O4S/c18-17(19)7-21(8-17)12-4-3-11(20-14(12)26-5-10-1-2-10)15(23)22-9-27-6-13(22)16(24)25/h3-4,10,13H,1-2,5-9H2,(H,24,25). The van der Waals surface area contributed by atoms with Gasteiger partial charge in [-0.3, -0.25) is 4.79 Å². The van der Waals surface area contributed by atoms with Crippen LogP contribution in [0, 0.1) is 5.92 Å². The fourth-order valence-corrected chi connectivity index (χ4v) is 4.20. The van der Waals surface area contributed by atoms with Crippen LogP contribution < -0.4 is 9.64 Å². The number of rotatable bonds is 6. The van der Waals surface area contributed by atoms with Crippen LogP contribution in [0.1, 0.15) is 23.3 Å². The second kappa shape index (κ2) is 6.81. The van der Waals surface area contributed by atoms with Crippen LogP contribution in [0.3, 0.4) is 0 Å². The van der Waals surface area contributed by atoms with E-state index in [4.69, 9.17) is 4.74 Å². The topological polar surface area (TPSA) is 83.0 Å². The molecule has 1 aliphatic carbocycles. The predicted octanol–water partition coefficient (Wildman–Crippen LogP) is 1.93. The Morgan fingerprint density at radius 2 is 2.07 bits per heavy atom. The fourth-order valence-electron chi connectivity index (χ4n) is 3.06. The van der Waals surface area contributed by atoms with Gasteiger partial charge in [0.1, 0.15) is 17.4 Å². The molecule has 1 atom stereocenters. The molecule has 7 nitrogen and oxygen atoms in total. The first-order valence-electron chi connectivity index (χ1n) is 8.72. The van der Waals surface area contributed by atoms with E-state index in [1.807, 2.05) is 0 Å². The molecule has 1 amide bonds. The molecule has 1 N–H and O–H groups in total. The smallest absolute Gasteiger partial charge is 0.327 e. The second-order valence-electron chi connectivity index (χ2n) is 7.12. The molecule has 3 fully saturated rings. The molecule has 0 bridgehead atoms. The fraction of sp³-hybridized carbons (Fsp3) is 0.588. The van der Waals surface area contributed by atoms with Gasteiger partial charge >= 0.3 is 5.97 Å². The van der Waals surface area contributed by atoms with Crippen LogP contribution in [0.4, 0.5) is 14.5 Å². The number of thioether (sulfide) groups is 1. The third-order valence-electron chi connectivity index (χ3n) is 4.83.